The molecule has 1 fully saturated rings. The first kappa shape index (κ1) is 22.8. The number of aromatic nitrogens is 2. The molecule has 35 heavy (non-hydrogen) atoms. The Bertz CT molecular complexity index is 1490. The van der Waals surface area contributed by atoms with Crippen LogP contribution < -0.4 is 16.6 Å². The lowest BCUT2D eigenvalue weighted by atomic mass is 10.1. The number of aryl methyl sites for hydroxylation is 1. The van der Waals surface area contributed by atoms with Gasteiger partial charge in [0, 0.05) is 11.6 Å². The minimum Gasteiger partial charge on any atom is -0.349 e. The fourth-order valence-electron chi connectivity index (χ4n) is 4.90. The van der Waals surface area contributed by atoms with Gasteiger partial charge in [-0.25, -0.2) is 4.79 Å². The Kier molecular flexibility index (Phi) is 6.36. The monoisotopic (exact) mass is 467 g/mol. The first-order valence-corrected chi connectivity index (χ1v) is 12.2. The molecule has 0 unspecified atom stereocenters. The van der Waals surface area contributed by atoms with Gasteiger partial charge >= 0.3 is 5.69 Å². The summed E-state index contributed by atoms with van der Waals surface area (Å²) in [7, 11) is 0. The molecule has 0 aliphatic heterocycles. The zero-order valence-corrected chi connectivity index (χ0v) is 19.9. The number of nitrogens with zero attached hydrogens (tertiary/aromatic N) is 2. The van der Waals surface area contributed by atoms with Crippen LogP contribution in [0, 0.1) is 6.92 Å². The zero-order chi connectivity index (χ0) is 24.4. The van der Waals surface area contributed by atoms with Crippen LogP contribution in [0.1, 0.15) is 52.7 Å². The summed E-state index contributed by atoms with van der Waals surface area (Å²) < 4.78 is 2.96. The minimum atomic E-state index is -0.347. The van der Waals surface area contributed by atoms with E-state index < -0.39 is 0 Å². The van der Waals surface area contributed by atoms with Gasteiger partial charge in [-0.2, -0.15) is 0 Å². The molecule has 178 valence electrons. The van der Waals surface area contributed by atoms with E-state index in [9.17, 15) is 14.4 Å². The Balaban J connectivity index is 1.47. The first-order valence-electron chi connectivity index (χ1n) is 12.2. The maximum atomic E-state index is 13.6. The number of benzene rings is 3. The largest absolute Gasteiger partial charge is 0.349 e. The van der Waals surface area contributed by atoms with Crippen LogP contribution in [-0.2, 0) is 13.1 Å². The second kappa shape index (κ2) is 9.74. The highest BCUT2D eigenvalue weighted by atomic mass is 16.2. The van der Waals surface area contributed by atoms with Gasteiger partial charge in [-0.3, -0.25) is 18.7 Å². The van der Waals surface area contributed by atoms with Gasteiger partial charge in [0.2, 0.25) is 0 Å². The van der Waals surface area contributed by atoms with E-state index in [1.165, 1.54) is 4.57 Å². The highest BCUT2D eigenvalue weighted by Crippen LogP contribution is 2.18. The molecule has 1 aliphatic carbocycles. The summed E-state index contributed by atoms with van der Waals surface area (Å²) in [5.41, 5.74) is 3.47. The van der Waals surface area contributed by atoms with E-state index in [4.69, 9.17) is 0 Å². The van der Waals surface area contributed by atoms with Crippen molar-refractivity contribution in [2.75, 3.05) is 0 Å². The van der Waals surface area contributed by atoms with Crippen LogP contribution in [0.4, 0.5) is 0 Å². The fourth-order valence-corrected chi connectivity index (χ4v) is 4.90. The second-order valence-electron chi connectivity index (χ2n) is 9.36. The van der Waals surface area contributed by atoms with Crippen molar-refractivity contribution in [3.05, 3.63) is 116 Å². The van der Waals surface area contributed by atoms with Crippen LogP contribution in [0.3, 0.4) is 0 Å². The topological polar surface area (TPSA) is 73.1 Å². The number of hydrogen-bond donors (Lipinski definition) is 1. The molecular weight excluding hydrogens is 438 g/mol. The third-order valence-corrected chi connectivity index (χ3v) is 6.97. The Morgan fingerprint density at radius 3 is 2.29 bits per heavy atom. The Morgan fingerprint density at radius 1 is 0.857 bits per heavy atom. The SMILES string of the molecule is Cc1ccccc1Cn1c(=O)n(Cc2ccc(C(=O)NC3CCCC3)cc2)c(=O)c2ccccc21. The number of nitrogens with one attached hydrogen (secondary N) is 1. The molecule has 1 saturated carbocycles. The summed E-state index contributed by atoms with van der Waals surface area (Å²) in [6.45, 7) is 2.54. The zero-order valence-electron chi connectivity index (χ0n) is 19.9. The number of fused-ring (bicyclic) bond motifs is 1. The molecular formula is C29H29N3O3. The quantitative estimate of drug-likeness (QED) is 0.461. The maximum Gasteiger partial charge on any atom is 0.332 e. The Morgan fingerprint density at radius 2 is 1.54 bits per heavy atom. The van der Waals surface area contributed by atoms with Crippen molar-refractivity contribution >= 4 is 16.8 Å². The number of hydrogen-bond acceptors (Lipinski definition) is 3. The van der Waals surface area contributed by atoms with Gasteiger partial charge in [0.05, 0.1) is 24.0 Å². The third-order valence-electron chi connectivity index (χ3n) is 6.97. The Hall–Kier alpha value is -3.93. The van der Waals surface area contributed by atoms with Gasteiger partial charge < -0.3 is 5.32 Å². The molecule has 1 heterocycles. The number of amides is 1. The van der Waals surface area contributed by atoms with E-state index in [1.54, 1.807) is 22.8 Å². The van der Waals surface area contributed by atoms with E-state index in [2.05, 4.69) is 5.32 Å². The number of carbonyl (C=O) groups excluding carboxylic acids is 1. The number of para-hydroxylation sites is 1. The Labute approximate surface area is 203 Å². The highest BCUT2D eigenvalue weighted by molar-refractivity contribution is 5.94. The second-order valence-corrected chi connectivity index (χ2v) is 9.36. The van der Waals surface area contributed by atoms with Crippen molar-refractivity contribution in [3.63, 3.8) is 0 Å². The highest BCUT2D eigenvalue weighted by Gasteiger charge is 2.18. The molecule has 6 heteroatoms. The first-order chi connectivity index (χ1) is 17.0. The van der Waals surface area contributed by atoms with Crippen LogP contribution in [0.25, 0.3) is 10.9 Å². The van der Waals surface area contributed by atoms with Crippen LogP contribution in [0.15, 0.2) is 82.4 Å². The van der Waals surface area contributed by atoms with Crippen LogP contribution in [0.2, 0.25) is 0 Å². The summed E-state index contributed by atoms with van der Waals surface area (Å²) in [4.78, 5) is 39.4. The summed E-state index contributed by atoms with van der Waals surface area (Å²) in [6, 6.07) is 22.6. The number of rotatable bonds is 6. The van der Waals surface area contributed by atoms with Gasteiger partial charge in [0.25, 0.3) is 11.5 Å². The van der Waals surface area contributed by atoms with Crippen molar-refractivity contribution in [3.8, 4) is 0 Å². The summed E-state index contributed by atoms with van der Waals surface area (Å²) in [5.74, 6) is -0.0769. The smallest absolute Gasteiger partial charge is 0.332 e. The summed E-state index contributed by atoms with van der Waals surface area (Å²) in [6.07, 6.45) is 4.38. The lowest BCUT2D eigenvalue weighted by Crippen LogP contribution is -2.40. The lowest BCUT2D eigenvalue weighted by molar-refractivity contribution is 0.0938. The molecule has 4 aromatic rings. The molecule has 0 radical (unpaired) electrons. The maximum absolute atomic E-state index is 13.6. The van der Waals surface area contributed by atoms with Gasteiger partial charge in [-0.15, -0.1) is 0 Å². The molecule has 5 rings (SSSR count). The van der Waals surface area contributed by atoms with E-state index in [0.29, 0.717) is 23.0 Å². The molecule has 6 nitrogen and oxygen atoms in total. The summed E-state index contributed by atoms with van der Waals surface area (Å²) >= 11 is 0. The van der Waals surface area contributed by atoms with Crippen molar-refractivity contribution < 1.29 is 4.79 Å². The molecule has 0 saturated heterocycles. The standard InChI is InChI=1S/C29H29N3O3/c1-20-8-2-3-9-23(20)19-31-26-13-7-6-12-25(26)28(34)32(29(31)35)18-21-14-16-22(17-15-21)27(33)30-24-10-4-5-11-24/h2-3,6-9,12-17,24H,4-5,10-11,18-19H2,1H3,(H,30,33). The van der Waals surface area contributed by atoms with E-state index in [-0.39, 0.29) is 29.7 Å². The van der Waals surface area contributed by atoms with E-state index >= 15 is 0 Å². The normalized spacial score (nSPS) is 13.9. The van der Waals surface area contributed by atoms with Gasteiger partial charge in [-0.05, 0) is 60.7 Å². The average Bonchev–Trinajstić information content (AvgIpc) is 3.39. The fraction of sp³-hybridized carbons (Fsp3) is 0.276. The predicted molar refractivity (Wildman–Crippen MR) is 138 cm³/mol. The minimum absolute atomic E-state index is 0.0769. The third kappa shape index (κ3) is 4.69. The van der Waals surface area contributed by atoms with E-state index in [0.717, 1.165) is 42.4 Å². The van der Waals surface area contributed by atoms with Crippen molar-refractivity contribution in [1.82, 2.24) is 14.5 Å². The van der Waals surface area contributed by atoms with Gasteiger partial charge in [-0.1, -0.05) is 61.4 Å². The van der Waals surface area contributed by atoms with Gasteiger partial charge in [0.1, 0.15) is 0 Å². The molecule has 3 aromatic carbocycles. The van der Waals surface area contributed by atoms with Crippen LogP contribution >= 0.6 is 0 Å². The van der Waals surface area contributed by atoms with E-state index in [1.807, 2.05) is 61.5 Å². The van der Waals surface area contributed by atoms with Crippen LogP contribution in [-0.4, -0.2) is 21.1 Å². The lowest BCUT2D eigenvalue weighted by Gasteiger charge is -2.16. The molecule has 1 amide bonds. The predicted octanol–water partition coefficient (Wildman–Crippen LogP) is 4.24. The average molecular weight is 468 g/mol. The van der Waals surface area contributed by atoms with Crippen LogP contribution in [0.5, 0.6) is 0 Å². The number of carbonyl (C=O) groups is 1. The molecule has 0 spiro atoms. The molecule has 1 N–H and O–H groups in total. The molecule has 0 bridgehead atoms. The van der Waals surface area contributed by atoms with Gasteiger partial charge in [0.15, 0.2) is 0 Å². The van der Waals surface area contributed by atoms with Crippen molar-refractivity contribution in [2.24, 2.45) is 0 Å². The molecule has 1 aromatic heterocycles. The van der Waals surface area contributed by atoms with Crippen molar-refractivity contribution in [2.45, 2.75) is 51.7 Å². The summed E-state index contributed by atoms with van der Waals surface area (Å²) in [5, 5.41) is 3.60. The molecule has 1 aliphatic rings. The molecule has 0 atom stereocenters. The van der Waals surface area contributed by atoms with Crippen molar-refractivity contribution in [1.29, 1.82) is 0 Å².